The SMILES string of the molecule is Cc1cc(C)c(NC(=O)COc2ccc(Cl)c(C)c2)c(Cl)c1. The van der Waals surface area contributed by atoms with Gasteiger partial charge in [-0.25, -0.2) is 0 Å². The van der Waals surface area contributed by atoms with Crippen molar-refractivity contribution >= 4 is 34.8 Å². The second kappa shape index (κ2) is 7.03. The Kier molecular flexibility index (Phi) is 5.33. The molecule has 0 fully saturated rings. The van der Waals surface area contributed by atoms with Crippen LogP contribution in [0.2, 0.25) is 10.0 Å². The fourth-order valence-corrected chi connectivity index (χ4v) is 2.59. The summed E-state index contributed by atoms with van der Waals surface area (Å²) in [5.41, 5.74) is 3.49. The Bertz CT molecular complexity index is 691. The molecule has 0 radical (unpaired) electrons. The topological polar surface area (TPSA) is 38.3 Å². The molecule has 0 aliphatic carbocycles. The number of anilines is 1. The number of aryl methyl sites for hydroxylation is 3. The third-order valence-corrected chi connectivity index (χ3v) is 3.92. The van der Waals surface area contributed by atoms with Crippen LogP contribution in [0.1, 0.15) is 16.7 Å². The molecule has 1 amide bonds. The van der Waals surface area contributed by atoms with Gasteiger partial charge in [0.05, 0.1) is 10.7 Å². The number of hydrogen-bond donors (Lipinski definition) is 1. The lowest BCUT2D eigenvalue weighted by Gasteiger charge is -2.12. The predicted molar refractivity (Wildman–Crippen MR) is 91.2 cm³/mol. The maximum Gasteiger partial charge on any atom is 0.262 e. The molecule has 1 N–H and O–H groups in total. The zero-order valence-electron chi connectivity index (χ0n) is 12.7. The Morgan fingerprint density at radius 1 is 1.05 bits per heavy atom. The second-order valence-corrected chi connectivity index (χ2v) is 6.00. The fraction of sp³-hybridized carbons (Fsp3) is 0.235. The van der Waals surface area contributed by atoms with Gasteiger partial charge < -0.3 is 10.1 Å². The first kappa shape index (κ1) is 16.7. The second-order valence-electron chi connectivity index (χ2n) is 5.19. The molecule has 3 nitrogen and oxygen atoms in total. The molecule has 5 heteroatoms. The summed E-state index contributed by atoms with van der Waals surface area (Å²) in [5, 5.41) is 3.97. The van der Waals surface area contributed by atoms with E-state index in [9.17, 15) is 4.79 Å². The maximum atomic E-state index is 12.0. The van der Waals surface area contributed by atoms with Gasteiger partial charge in [0.15, 0.2) is 6.61 Å². The van der Waals surface area contributed by atoms with Crippen molar-refractivity contribution in [3.05, 3.63) is 57.1 Å². The van der Waals surface area contributed by atoms with Crippen LogP contribution in [0.15, 0.2) is 30.3 Å². The average molecular weight is 338 g/mol. The third-order valence-electron chi connectivity index (χ3n) is 3.20. The summed E-state index contributed by atoms with van der Waals surface area (Å²) in [7, 11) is 0. The number of carbonyl (C=O) groups is 1. The number of benzene rings is 2. The van der Waals surface area contributed by atoms with Gasteiger partial charge >= 0.3 is 0 Å². The van der Waals surface area contributed by atoms with Gasteiger partial charge in [-0.1, -0.05) is 29.3 Å². The zero-order valence-corrected chi connectivity index (χ0v) is 14.2. The molecule has 2 aromatic rings. The van der Waals surface area contributed by atoms with Crippen LogP contribution in [0.25, 0.3) is 0 Å². The lowest BCUT2D eigenvalue weighted by molar-refractivity contribution is -0.118. The van der Waals surface area contributed by atoms with E-state index in [1.807, 2.05) is 32.9 Å². The van der Waals surface area contributed by atoms with Crippen molar-refractivity contribution in [3.63, 3.8) is 0 Å². The van der Waals surface area contributed by atoms with Crippen molar-refractivity contribution in [1.82, 2.24) is 0 Å². The van der Waals surface area contributed by atoms with Crippen LogP contribution in [0, 0.1) is 20.8 Å². The number of amides is 1. The van der Waals surface area contributed by atoms with Gasteiger partial charge in [0, 0.05) is 5.02 Å². The van der Waals surface area contributed by atoms with Gasteiger partial charge in [-0.05, 0) is 61.7 Å². The minimum Gasteiger partial charge on any atom is -0.484 e. The molecular weight excluding hydrogens is 321 g/mol. The van der Waals surface area contributed by atoms with Crippen molar-refractivity contribution in [2.75, 3.05) is 11.9 Å². The molecule has 0 atom stereocenters. The van der Waals surface area contributed by atoms with Crippen molar-refractivity contribution in [1.29, 1.82) is 0 Å². The summed E-state index contributed by atoms with van der Waals surface area (Å²) in [6, 6.07) is 9.04. The Balaban J connectivity index is 2.00. The van der Waals surface area contributed by atoms with Crippen molar-refractivity contribution in [3.8, 4) is 5.75 Å². The predicted octanol–water partition coefficient (Wildman–Crippen LogP) is 4.94. The molecule has 0 aliphatic rings. The lowest BCUT2D eigenvalue weighted by atomic mass is 10.1. The summed E-state index contributed by atoms with van der Waals surface area (Å²) in [6.45, 7) is 5.64. The third kappa shape index (κ3) is 4.15. The number of ether oxygens (including phenoxy) is 1. The van der Waals surface area contributed by atoms with Crippen LogP contribution in [0.3, 0.4) is 0 Å². The van der Waals surface area contributed by atoms with E-state index >= 15 is 0 Å². The molecule has 2 rings (SSSR count). The summed E-state index contributed by atoms with van der Waals surface area (Å²) in [4.78, 5) is 12.0. The van der Waals surface area contributed by atoms with Crippen molar-refractivity contribution in [2.24, 2.45) is 0 Å². The van der Waals surface area contributed by atoms with Crippen molar-refractivity contribution in [2.45, 2.75) is 20.8 Å². The lowest BCUT2D eigenvalue weighted by Crippen LogP contribution is -2.21. The Hall–Kier alpha value is -1.71. The van der Waals surface area contributed by atoms with Crippen LogP contribution in [0.5, 0.6) is 5.75 Å². The first-order valence-electron chi connectivity index (χ1n) is 6.82. The highest BCUT2D eigenvalue weighted by molar-refractivity contribution is 6.34. The quantitative estimate of drug-likeness (QED) is 0.858. The molecule has 0 saturated carbocycles. The zero-order chi connectivity index (χ0) is 16.3. The summed E-state index contributed by atoms with van der Waals surface area (Å²) in [5.74, 6) is 0.338. The number of rotatable bonds is 4. The molecule has 0 aromatic heterocycles. The number of nitrogens with one attached hydrogen (secondary N) is 1. The summed E-state index contributed by atoms with van der Waals surface area (Å²) in [6.07, 6.45) is 0. The van der Waals surface area contributed by atoms with Crippen LogP contribution in [0.4, 0.5) is 5.69 Å². The average Bonchev–Trinajstić information content (AvgIpc) is 2.44. The standard InChI is InChI=1S/C17H17Cl2NO2/c1-10-6-12(3)17(15(19)7-10)20-16(21)9-22-13-4-5-14(18)11(2)8-13/h4-8H,9H2,1-3H3,(H,20,21). The van der Waals surface area contributed by atoms with Crippen LogP contribution >= 0.6 is 23.2 Å². The molecule has 2 aromatic carbocycles. The van der Waals surface area contributed by atoms with Gasteiger partial charge in [-0.2, -0.15) is 0 Å². The molecule has 116 valence electrons. The molecule has 0 spiro atoms. The number of carbonyl (C=O) groups excluding carboxylic acids is 1. The molecule has 0 aliphatic heterocycles. The van der Waals surface area contributed by atoms with Crippen LogP contribution < -0.4 is 10.1 Å². The van der Waals surface area contributed by atoms with E-state index in [2.05, 4.69) is 5.32 Å². The molecule has 0 heterocycles. The largest absolute Gasteiger partial charge is 0.484 e. The van der Waals surface area contributed by atoms with Gasteiger partial charge in [-0.15, -0.1) is 0 Å². The van der Waals surface area contributed by atoms with E-state index in [-0.39, 0.29) is 12.5 Å². The Morgan fingerprint density at radius 3 is 2.41 bits per heavy atom. The first-order valence-corrected chi connectivity index (χ1v) is 7.58. The Labute approximate surface area is 140 Å². The molecule has 0 bridgehead atoms. The summed E-state index contributed by atoms with van der Waals surface area (Å²) < 4.78 is 5.47. The maximum absolute atomic E-state index is 12.0. The van der Waals surface area contributed by atoms with Crippen molar-refractivity contribution < 1.29 is 9.53 Å². The first-order chi connectivity index (χ1) is 10.4. The monoisotopic (exact) mass is 337 g/mol. The van der Waals surface area contributed by atoms with Gasteiger partial charge in [0.1, 0.15) is 5.75 Å². The molecule has 0 unspecified atom stereocenters. The van der Waals surface area contributed by atoms with Crippen LogP contribution in [-0.4, -0.2) is 12.5 Å². The molecular formula is C17H17Cl2NO2. The number of hydrogen-bond acceptors (Lipinski definition) is 2. The minimum absolute atomic E-state index is 0.0925. The highest BCUT2D eigenvalue weighted by Gasteiger charge is 2.10. The van der Waals surface area contributed by atoms with Gasteiger partial charge in [0.2, 0.25) is 0 Å². The van der Waals surface area contributed by atoms with Crippen LogP contribution in [-0.2, 0) is 4.79 Å². The smallest absolute Gasteiger partial charge is 0.262 e. The highest BCUT2D eigenvalue weighted by atomic mass is 35.5. The van der Waals surface area contributed by atoms with Gasteiger partial charge in [-0.3, -0.25) is 4.79 Å². The molecule has 22 heavy (non-hydrogen) atoms. The van der Waals surface area contributed by atoms with Gasteiger partial charge in [0.25, 0.3) is 5.91 Å². The summed E-state index contributed by atoms with van der Waals surface area (Å²) >= 11 is 12.1. The highest BCUT2D eigenvalue weighted by Crippen LogP contribution is 2.27. The van der Waals surface area contributed by atoms with E-state index in [4.69, 9.17) is 27.9 Å². The fourth-order valence-electron chi connectivity index (χ4n) is 2.11. The minimum atomic E-state index is -0.263. The van der Waals surface area contributed by atoms with E-state index in [1.165, 1.54) is 0 Å². The molecule has 0 saturated heterocycles. The Morgan fingerprint density at radius 2 is 1.77 bits per heavy atom. The van der Waals surface area contributed by atoms with E-state index in [0.29, 0.717) is 21.5 Å². The van der Waals surface area contributed by atoms with E-state index in [1.54, 1.807) is 18.2 Å². The van der Waals surface area contributed by atoms with E-state index < -0.39 is 0 Å². The van der Waals surface area contributed by atoms with E-state index in [0.717, 1.165) is 16.7 Å². The normalized spacial score (nSPS) is 10.4. The number of halogens is 2.